The molecule has 2 N–H and O–H groups in total. The molecular weight excluding hydrogens is 339 g/mol. The Morgan fingerprint density at radius 2 is 2.00 bits per heavy atom. The van der Waals surface area contributed by atoms with Gasteiger partial charge >= 0.3 is 6.03 Å². The molecule has 2 rings (SSSR count). The summed E-state index contributed by atoms with van der Waals surface area (Å²) in [6, 6.07) is 14.2. The molecule has 134 valence electrons. The Kier molecular flexibility index (Phi) is 8.12. The van der Waals surface area contributed by atoms with Crippen LogP contribution >= 0.6 is 11.8 Å². The Balaban J connectivity index is 1.61. The van der Waals surface area contributed by atoms with Crippen molar-refractivity contribution >= 4 is 17.8 Å². The third kappa shape index (κ3) is 7.05. The van der Waals surface area contributed by atoms with Gasteiger partial charge < -0.3 is 15.4 Å². The van der Waals surface area contributed by atoms with Crippen molar-refractivity contribution in [2.24, 2.45) is 0 Å². The highest BCUT2D eigenvalue weighted by Crippen LogP contribution is 2.15. The van der Waals surface area contributed by atoms with Crippen LogP contribution in [0.4, 0.5) is 9.18 Å². The van der Waals surface area contributed by atoms with Crippen molar-refractivity contribution in [1.82, 2.24) is 10.6 Å². The van der Waals surface area contributed by atoms with E-state index in [9.17, 15) is 9.18 Å². The fourth-order valence-electron chi connectivity index (χ4n) is 2.19. The van der Waals surface area contributed by atoms with Gasteiger partial charge in [-0.3, -0.25) is 0 Å². The number of hydrogen-bond donors (Lipinski definition) is 2. The van der Waals surface area contributed by atoms with E-state index in [1.54, 1.807) is 23.9 Å². The first-order chi connectivity index (χ1) is 12.2. The average molecular weight is 362 g/mol. The zero-order valence-corrected chi connectivity index (χ0v) is 15.1. The van der Waals surface area contributed by atoms with E-state index >= 15 is 0 Å². The molecule has 0 saturated carbocycles. The molecule has 2 aromatic carbocycles. The van der Waals surface area contributed by atoms with Gasteiger partial charge in [-0.25, -0.2) is 9.18 Å². The van der Waals surface area contributed by atoms with Crippen molar-refractivity contribution in [2.45, 2.75) is 19.2 Å². The van der Waals surface area contributed by atoms with Crippen molar-refractivity contribution in [2.75, 3.05) is 18.9 Å². The Labute approximate surface area is 152 Å². The molecule has 0 fully saturated rings. The topological polar surface area (TPSA) is 50.4 Å². The molecule has 4 nitrogen and oxygen atoms in total. The predicted octanol–water partition coefficient (Wildman–Crippen LogP) is 3.96. The minimum atomic E-state index is -0.215. The van der Waals surface area contributed by atoms with E-state index < -0.39 is 0 Å². The molecule has 6 heteroatoms. The second-order valence-corrected chi connectivity index (χ2v) is 6.44. The van der Waals surface area contributed by atoms with Gasteiger partial charge in [0.25, 0.3) is 0 Å². The number of carbonyl (C=O) groups excluding carboxylic acids is 1. The monoisotopic (exact) mass is 362 g/mol. The maximum atomic E-state index is 13.5. The fourth-order valence-corrected chi connectivity index (χ4v) is 3.04. The normalized spacial score (nSPS) is 10.3. The lowest BCUT2D eigenvalue weighted by molar-refractivity contribution is 0.241. The van der Waals surface area contributed by atoms with Crippen molar-refractivity contribution in [3.63, 3.8) is 0 Å². The zero-order chi connectivity index (χ0) is 17.9. The number of ether oxygens (including phenoxy) is 1. The lowest BCUT2D eigenvalue weighted by atomic mass is 10.2. The summed E-state index contributed by atoms with van der Waals surface area (Å²) in [6.45, 7) is 3.52. The Morgan fingerprint density at radius 1 is 1.16 bits per heavy atom. The Hall–Kier alpha value is -2.21. The van der Waals surface area contributed by atoms with E-state index in [0.717, 1.165) is 17.1 Å². The molecule has 0 bridgehead atoms. The lowest BCUT2D eigenvalue weighted by Gasteiger charge is -2.09. The summed E-state index contributed by atoms with van der Waals surface area (Å²) >= 11 is 1.59. The first-order valence-electron chi connectivity index (χ1n) is 8.23. The molecule has 0 spiro atoms. The molecular formula is C19H23FN2O2S. The summed E-state index contributed by atoms with van der Waals surface area (Å²) in [5, 5.41) is 5.61. The summed E-state index contributed by atoms with van der Waals surface area (Å²) in [5.74, 6) is 1.93. The minimum Gasteiger partial charge on any atom is -0.494 e. The summed E-state index contributed by atoms with van der Waals surface area (Å²) in [4.78, 5) is 11.8. The van der Waals surface area contributed by atoms with E-state index in [-0.39, 0.29) is 11.8 Å². The molecule has 0 saturated heterocycles. The third-order valence-corrected chi connectivity index (χ3v) is 4.42. The molecule has 0 aliphatic rings. The van der Waals surface area contributed by atoms with Crippen molar-refractivity contribution in [3.05, 3.63) is 65.5 Å². The summed E-state index contributed by atoms with van der Waals surface area (Å²) < 4.78 is 18.9. The van der Waals surface area contributed by atoms with Crippen LogP contribution in [0.3, 0.4) is 0 Å². The number of rotatable bonds is 9. The Morgan fingerprint density at radius 3 is 2.80 bits per heavy atom. The van der Waals surface area contributed by atoms with Gasteiger partial charge in [0.2, 0.25) is 0 Å². The molecule has 0 radical (unpaired) electrons. The molecule has 0 atom stereocenters. The third-order valence-electron chi connectivity index (χ3n) is 3.41. The summed E-state index contributed by atoms with van der Waals surface area (Å²) in [5.41, 5.74) is 1.67. The minimum absolute atomic E-state index is 0.185. The van der Waals surface area contributed by atoms with Gasteiger partial charge in [0.1, 0.15) is 11.6 Å². The van der Waals surface area contributed by atoms with Gasteiger partial charge in [0.05, 0.1) is 6.61 Å². The average Bonchev–Trinajstić information content (AvgIpc) is 2.62. The van der Waals surface area contributed by atoms with Crippen molar-refractivity contribution < 1.29 is 13.9 Å². The van der Waals surface area contributed by atoms with Crippen LogP contribution in [0.25, 0.3) is 0 Å². The summed E-state index contributed by atoms with van der Waals surface area (Å²) in [7, 11) is 0. The first-order valence-corrected chi connectivity index (χ1v) is 9.39. The van der Waals surface area contributed by atoms with E-state index in [2.05, 4.69) is 10.6 Å². The van der Waals surface area contributed by atoms with Crippen LogP contribution in [-0.4, -0.2) is 24.9 Å². The Bertz CT molecular complexity index is 682. The van der Waals surface area contributed by atoms with Crippen LogP contribution in [0.15, 0.2) is 48.5 Å². The molecule has 2 amide bonds. The highest BCUT2D eigenvalue weighted by atomic mass is 32.2. The molecule has 2 aromatic rings. The van der Waals surface area contributed by atoms with Crippen molar-refractivity contribution in [3.8, 4) is 5.75 Å². The standard InChI is InChI=1S/C19H23FN2O2S/c1-2-24-17-8-5-6-15(12-17)13-22-19(23)21-10-11-25-14-16-7-3-4-9-18(16)20/h3-9,12H,2,10-11,13-14H2,1H3,(H2,21,22,23). The van der Waals surface area contributed by atoms with Crippen LogP contribution in [-0.2, 0) is 12.3 Å². The number of carbonyl (C=O) groups is 1. The van der Waals surface area contributed by atoms with Gasteiger partial charge in [-0.1, -0.05) is 30.3 Å². The van der Waals surface area contributed by atoms with Crippen LogP contribution in [0.5, 0.6) is 5.75 Å². The van der Waals surface area contributed by atoms with Gasteiger partial charge in [0.15, 0.2) is 0 Å². The highest BCUT2D eigenvalue weighted by Gasteiger charge is 2.03. The molecule has 0 heterocycles. The van der Waals surface area contributed by atoms with Crippen LogP contribution < -0.4 is 15.4 Å². The highest BCUT2D eigenvalue weighted by molar-refractivity contribution is 7.98. The zero-order valence-electron chi connectivity index (χ0n) is 14.3. The SMILES string of the molecule is CCOc1cccc(CNC(=O)NCCSCc2ccccc2F)c1. The number of amides is 2. The second-order valence-electron chi connectivity index (χ2n) is 5.33. The molecule has 0 aromatic heterocycles. The number of halogens is 1. The number of benzene rings is 2. The number of thioether (sulfide) groups is 1. The van der Waals surface area contributed by atoms with Gasteiger partial charge in [-0.05, 0) is 36.2 Å². The first kappa shape index (κ1) is 19.1. The number of urea groups is 1. The van der Waals surface area contributed by atoms with E-state index in [1.807, 2.05) is 37.3 Å². The quantitative estimate of drug-likeness (QED) is 0.664. The van der Waals surface area contributed by atoms with Gasteiger partial charge in [0, 0.05) is 24.6 Å². The summed E-state index contributed by atoms with van der Waals surface area (Å²) in [6.07, 6.45) is 0. The maximum Gasteiger partial charge on any atom is 0.315 e. The molecule has 0 unspecified atom stereocenters. The second kappa shape index (κ2) is 10.6. The van der Waals surface area contributed by atoms with Crippen LogP contribution in [0.2, 0.25) is 0 Å². The smallest absolute Gasteiger partial charge is 0.315 e. The fraction of sp³-hybridized carbons (Fsp3) is 0.316. The van der Waals surface area contributed by atoms with Crippen molar-refractivity contribution in [1.29, 1.82) is 0 Å². The number of hydrogen-bond acceptors (Lipinski definition) is 3. The predicted molar refractivity (Wildman–Crippen MR) is 100 cm³/mol. The molecule has 25 heavy (non-hydrogen) atoms. The number of nitrogens with one attached hydrogen (secondary N) is 2. The van der Waals surface area contributed by atoms with Crippen LogP contribution in [0.1, 0.15) is 18.1 Å². The van der Waals surface area contributed by atoms with Crippen LogP contribution in [0, 0.1) is 5.82 Å². The van der Waals surface area contributed by atoms with E-state index in [4.69, 9.17) is 4.74 Å². The lowest BCUT2D eigenvalue weighted by Crippen LogP contribution is -2.36. The maximum absolute atomic E-state index is 13.5. The largest absolute Gasteiger partial charge is 0.494 e. The van der Waals surface area contributed by atoms with E-state index in [1.165, 1.54) is 6.07 Å². The van der Waals surface area contributed by atoms with Gasteiger partial charge in [-0.15, -0.1) is 0 Å². The van der Waals surface area contributed by atoms with E-state index in [0.29, 0.717) is 31.0 Å². The molecule has 0 aliphatic carbocycles. The van der Waals surface area contributed by atoms with Gasteiger partial charge in [-0.2, -0.15) is 11.8 Å². The molecule has 0 aliphatic heterocycles.